The molecule has 1 saturated heterocycles. The van der Waals surface area contributed by atoms with Crippen molar-refractivity contribution in [1.29, 1.82) is 0 Å². The van der Waals surface area contributed by atoms with Crippen LogP contribution in [0.3, 0.4) is 0 Å². The highest BCUT2D eigenvalue weighted by atomic mass is 16.4. The first kappa shape index (κ1) is 23.9. The zero-order chi connectivity index (χ0) is 21.4. The fourth-order valence-electron chi connectivity index (χ4n) is 3.35. The lowest BCUT2D eigenvalue weighted by atomic mass is 10.0. The van der Waals surface area contributed by atoms with Crippen LogP contribution in [-0.4, -0.2) is 64.9 Å². The summed E-state index contributed by atoms with van der Waals surface area (Å²) < 4.78 is 0. The SMILES string of the molecule is CC(C)C[C@H](NC(=O)CNC(=O)[C@H]1CCCN1C(=O)[C@@H](N)CC(C)C)C(=O)O. The van der Waals surface area contributed by atoms with Gasteiger partial charge in [-0.3, -0.25) is 14.4 Å². The molecule has 0 radical (unpaired) electrons. The van der Waals surface area contributed by atoms with Crippen LogP contribution < -0.4 is 16.4 Å². The summed E-state index contributed by atoms with van der Waals surface area (Å²) in [4.78, 5) is 49.7. The minimum Gasteiger partial charge on any atom is -0.480 e. The molecule has 9 heteroatoms. The van der Waals surface area contributed by atoms with E-state index < -0.39 is 35.9 Å². The van der Waals surface area contributed by atoms with Crippen LogP contribution >= 0.6 is 0 Å². The van der Waals surface area contributed by atoms with E-state index in [-0.39, 0.29) is 24.3 Å². The number of likely N-dealkylation sites (tertiary alicyclic amines) is 1. The molecule has 1 heterocycles. The number of rotatable bonds is 10. The van der Waals surface area contributed by atoms with Crippen LogP contribution in [0.5, 0.6) is 0 Å². The summed E-state index contributed by atoms with van der Waals surface area (Å²) >= 11 is 0. The first-order chi connectivity index (χ1) is 13.0. The Hall–Kier alpha value is -2.16. The molecule has 0 aromatic rings. The van der Waals surface area contributed by atoms with Gasteiger partial charge in [-0.15, -0.1) is 0 Å². The number of hydrogen-bond acceptors (Lipinski definition) is 5. The number of nitrogens with one attached hydrogen (secondary N) is 2. The molecular formula is C19H34N4O5. The Morgan fingerprint density at radius 2 is 1.71 bits per heavy atom. The van der Waals surface area contributed by atoms with Gasteiger partial charge < -0.3 is 26.4 Å². The number of carboxylic acid groups (broad SMARTS) is 1. The molecular weight excluding hydrogens is 364 g/mol. The number of carboxylic acids is 1. The average molecular weight is 399 g/mol. The van der Waals surface area contributed by atoms with Crippen molar-refractivity contribution in [1.82, 2.24) is 15.5 Å². The van der Waals surface area contributed by atoms with Crippen molar-refractivity contribution in [2.24, 2.45) is 17.6 Å². The van der Waals surface area contributed by atoms with Crippen LogP contribution in [0.1, 0.15) is 53.4 Å². The first-order valence-corrected chi connectivity index (χ1v) is 9.88. The molecule has 9 nitrogen and oxygen atoms in total. The van der Waals surface area contributed by atoms with Crippen molar-refractivity contribution in [3.63, 3.8) is 0 Å². The topological polar surface area (TPSA) is 142 Å². The van der Waals surface area contributed by atoms with E-state index in [2.05, 4.69) is 10.6 Å². The maximum absolute atomic E-state index is 12.5. The zero-order valence-corrected chi connectivity index (χ0v) is 17.2. The molecule has 5 N–H and O–H groups in total. The molecule has 28 heavy (non-hydrogen) atoms. The third-order valence-corrected chi connectivity index (χ3v) is 4.64. The van der Waals surface area contributed by atoms with E-state index in [4.69, 9.17) is 5.73 Å². The number of carbonyl (C=O) groups is 4. The van der Waals surface area contributed by atoms with Gasteiger partial charge in [0.1, 0.15) is 12.1 Å². The number of nitrogens with zero attached hydrogens (tertiary/aromatic N) is 1. The molecule has 0 aromatic carbocycles. The summed E-state index contributed by atoms with van der Waals surface area (Å²) in [6, 6.07) is -2.29. The molecule has 0 aliphatic carbocycles. The van der Waals surface area contributed by atoms with Crippen LogP contribution in [-0.2, 0) is 19.2 Å². The Kier molecular flexibility index (Phi) is 9.37. The monoisotopic (exact) mass is 398 g/mol. The van der Waals surface area contributed by atoms with E-state index >= 15 is 0 Å². The van der Waals surface area contributed by atoms with Crippen molar-refractivity contribution in [2.75, 3.05) is 13.1 Å². The molecule has 1 aliphatic heterocycles. The van der Waals surface area contributed by atoms with Gasteiger partial charge in [0.2, 0.25) is 17.7 Å². The van der Waals surface area contributed by atoms with Gasteiger partial charge in [0, 0.05) is 6.54 Å². The molecule has 3 atom stereocenters. The Morgan fingerprint density at radius 3 is 2.25 bits per heavy atom. The molecule has 1 rings (SSSR count). The minimum atomic E-state index is -1.11. The van der Waals surface area contributed by atoms with Crippen molar-refractivity contribution in [3.8, 4) is 0 Å². The van der Waals surface area contributed by atoms with Gasteiger partial charge in [-0.1, -0.05) is 27.7 Å². The quantitative estimate of drug-likeness (QED) is 0.411. The van der Waals surface area contributed by atoms with Crippen LogP contribution in [0, 0.1) is 11.8 Å². The summed E-state index contributed by atoms with van der Waals surface area (Å²) in [6.07, 6.45) is 2.05. The second-order valence-electron chi connectivity index (χ2n) is 8.23. The lowest BCUT2D eigenvalue weighted by Gasteiger charge is -2.27. The third-order valence-electron chi connectivity index (χ3n) is 4.64. The van der Waals surface area contributed by atoms with Gasteiger partial charge in [0.15, 0.2) is 0 Å². The summed E-state index contributed by atoms with van der Waals surface area (Å²) in [5, 5.41) is 14.1. The highest BCUT2D eigenvalue weighted by Crippen LogP contribution is 2.19. The lowest BCUT2D eigenvalue weighted by Crippen LogP contribution is -2.53. The third kappa shape index (κ3) is 7.46. The van der Waals surface area contributed by atoms with Gasteiger partial charge in [-0.05, 0) is 37.5 Å². The van der Waals surface area contributed by atoms with Crippen LogP contribution in [0.25, 0.3) is 0 Å². The molecule has 1 aliphatic rings. The van der Waals surface area contributed by atoms with Crippen molar-refractivity contribution < 1.29 is 24.3 Å². The van der Waals surface area contributed by atoms with Crippen LogP contribution in [0.2, 0.25) is 0 Å². The van der Waals surface area contributed by atoms with Gasteiger partial charge in [0.05, 0.1) is 12.6 Å². The number of hydrogen-bond donors (Lipinski definition) is 4. The summed E-state index contributed by atoms with van der Waals surface area (Å²) in [5.74, 6) is -1.99. The normalized spacial score (nSPS) is 18.8. The minimum absolute atomic E-state index is 0.101. The second-order valence-corrected chi connectivity index (χ2v) is 8.23. The fourth-order valence-corrected chi connectivity index (χ4v) is 3.35. The largest absolute Gasteiger partial charge is 0.480 e. The zero-order valence-electron chi connectivity index (χ0n) is 17.2. The number of amides is 3. The molecule has 0 saturated carbocycles. The van der Waals surface area contributed by atoms with E-state index in [1.807, 2.05) is 27.7 Å². The van der Waals surface area contributed by atoms with Crippen molar-refractivity contribution in [3.05, 3.63) is 0 Å². The van der Waals surface area contributed by atoms with E-state index in [1.54, 1.807) is 0 Å². The van der Waals surface area contributed by atoms with E-state index in [1.165, 1.54) is 4.90 Å². The molecule has 3 amide bonds. The van der Waals surface area contributed by atoms with Crippen molar-refractivity contribution in [2.45, 2.75) is 71.5 Å². The standard InChI is InChI=1S/C19H34N4O5/c1-11(2)8-13(20)18(26)23-7-5-6-15(23)17(25)21-10-16(24)22-14(19(27)28)9-12(3)4/h11-15H,5-10,20H2,1-4H3,(H,21,25)(H,22,24)(H,27,28)/t13-,14-,15+/m0/s1. The van der Waals surface area contributed by atoms with Gasteiger partial charge in [0.25, 0.3) is 0 Å². The highest BCUT2D eigenvalue weighted by molar-refractivity contribution is 5.93. The lowest BCUT2D eigenvalue weighted by molar-refractivity contribution is -0.142. The molecule has 0 bridgehead atoms. The van der Waals surface area contributed by atoms with E-state index in [9.17, 15) is 24.3 Å². The Balaban J connectivity index is 2.58. The molecule has 160 valence electrons. The Labute approximate surface area is 166 Å². The van der Waals surface area contributed by atoms with Gasteiger partial charge in [-0.25, -0.2) is 4.79 Å². The summed E-state index contributed by atoms with van der Waals surface area (Å²) in [5.41, 5.74) is 5.96. The average Bonchev–Trinajstić information content (AvgIpc) is 3.06. The van der Waals surface area contributed by atoms with Crippen LogP contribution in [0.4, 0.5) is 0 Å². The number of aliphatic carboxylic acids is 1. The predicted molar refractivity (Wildman–Crippen MR) is 104 cm³/mol. The summed E-state index contributed by atoms with van der Waals surface area (Å²) in [7, 11) is 0. The van der Waals surface area contributed by atoms with E-state index in [0.29, 0.717) is 32.2 Å². The van der Waals surface area contributed by atoms with Gasteiger partial charge in [-0.2, -0.15) is 0 Å². The van der Waals surface area contributed by atoms with Gasteiger partial charge >= 0.3 is 5.97 Å². The molecule has 0 spiro atoms. The van der Waals surface area contributed by atoms with Crippen molar-refractivity contribution >= 4 is 23.7 Å². The Bertz CT molecular complexity index is 579. The predicted octanol–water partition coefficient (Wildman–Crippen LogP) is 0.0825. The fraction of sp³-hybridized carbons (Fsp3) is 0.789. The molecule has 1 fully saturated rings. The smallest absolute Gasteiger partial charge is 0.326 e. The maximum Gasteiger partial charge on any atom is 0.326 e. The molecule has 0 unspecified atom stereocenters. The second kappa shape index (κ2) is 11.0. The van der Waals surface area contributed by atoms with E-state index in [0.717, 1.165) is 0 Å². The Morgan fingerprint density at radius 1 is 1.11 bits per heavy atom. The first-order valence-electron chi connectivity index (χ1n) is 9.88. The molecule has 0 aromatic heterocycles. The highest BCUT2D eigenvalue weighted by Gasteiger charge is 2.36. The van der Waals surface area contributed by atoms with Crippen LogP contribution in [0.15, 0.2) is 0 Å². The number of carbonyl (C=O) groups excluding carboxylic acids is 3. The number of nitrogens with two attached hydrogens (primary N) is 1. The summed E-state index contributed by atoms with van der Waals surface area (Å²) in [6.45, 7) is 7.80. The maximum atomic E-state index is 12.5.